The van der Waals surface area contributed by atoms with Crippen LogP contribution < -0.4 is 0 Å². The second-order valence-electron chi connectivity index (χ2n) is 10.2. The molecular formula is C30H42O10. The molecule has 3 N–H and O–H groups in total. The molecule has 0 heterocycles. The first-order valence-corrected chi connectivity index (χ1v) is 12.9. The molecule has 0 spiro atoms. The van der Waals surface area contributed by atoms with Crippen molar-refractivity contribution in [1.82, 2.24) is 0 Å². The first kappa shape index (κ1) is 34.7. The highest BCUT2D eigenvalue weighted by Gasteiger charge is 2.61. The molecule has 0 amide bonds. The van der Waals surface area contributed by atoms with Gasteiger partial charge in [0, 0.05) is 23.1 Å². The molecule has 0 saturated heterocycles. The number of carbonyl (C=O) groups is 4. The fourth-order valence-electron chi connectivity index (χ4n) is 3.90. The highest BCUT2D eigenvalue weighted by molar-refractivity contribution is 5.97. The molecule has 0 aliphatic heterocycles. The van der Waals surface area contributed by atoms with Crippen LogP contribution in [0.2, 0.25) is 0 Å². The third kappa shape index (κ3) is 7.87. The van der Waals surface area contributed by atoms with E-state index in [4.69, 9.17) is 14.2 Å². The number of carbonyl (C=O) groups excluding carboxylic acids is 4. The maximum absolute atomic E-state index is 13.6. The van der Waals surface area contributed by atoms with Gasteiger partial charge in [0.2, 0.25) is 5.78 Å². The predicted octanol–water partition coefficient (Wildman–Crippen LogP) is 2.81. The molecular weight excluding hydrogens is 520 g/mol. The number of hydrogen-bond donors (Lipinski definition) is 3. The topological polar surface area (TPSA) is 157 Å². The minimum absolute atomic E-state index is 0.103. The lowest BCUT2D eigenvalue weighted by molar-refractivity contribution is -0.210. The summed E-state index contributed by atoms with van der Waals surface area (Å²) in [4.78, 5) is 51.7. The molecule has 1 fully saturated rings. The first-order chi connectivity index (χ1) is 18.5. The van der Waals surface area contributed by atoms with Crippen molar-refractivity contribution >= 4 is 23.7 Å². The highest BCUT2D eigenvalue weighted by atomic mass is 16.6. The Morgan fingerprint density at radius 2 is 1.38 bits per heavy atom. The zero-order valence-corrected chi connectivity index (χ0v) is 24.5. The fourth-order valence-corrected chi connectivity index (χ4v) is 3.90. The number of allylic oxidation sites excluding steroid dienone is 3. The average Bonchev–Trinajstić information content (AvgIpc) is 2.91. The van der Waals surface area contributed by atoms with Crippen LogP contribution in [-0.2, 0) is 33.4 Å². The number of hydrogen-bond acceptors (Lipinski definition) is 10. The van der Waals surface area contributed by atoms with Crippen molar-refractivity contribution in [2.45, 2.75) is 97.9 Å². The smallest absolute Gasteiger partial charge is 0.334 e. The van der Waals surface area contributed by atoms with Crippen LogP contribution in [0.15, 0.2) is 59.3 Å². The summed E-state index contributed by atoms with van der Waals surface area (Å²) in [6.45, 7) is 19.5. The second kappa shape index (κ2) is 14.3. The molecule has 0 bridgehead atoms. The first-order valence-electron chi connectivity index (χ1n) is 12.9. The lowest BCUT2D eigenvalue weighted by Gasteiger charge is -2.47. The fraction of sp³-hybridized carbons (Fsp3) is 0.533. The van der Waals surface area contributed by atoms with Gasteiger partial charge in [-0.2, -0.15) is 0 Å². The number of ether oxygens (including phenoxy) is 3. The van der Waals surface area contributed by atoms with Crippen molar-refractivity contribution < 1.29 is 48.7 Å². The minimum atomic E-state index is -2.47. The second-order valence-corrected chi connectivity index (χ2v) is 10.2. The lowest BCUT2D eigenvalue weighted by Crippen LogP contribution is -2.68. The third-order valence-corrected chi connectivity index (χ3v) is 7.15. The Labute approximate surface area is 235 Å². The van der Waals surface area contributed by atoms with Gasteiger partial charge >= 0.3 is 17.9 Å². The van der Waals surface area contributed by atoms with Crippen molar-refractivity contribution in [2.75, 3.05) is 0 Å². The predicted molar refractivity (Wildman–Crippen MR) is 148 cm³/mol. The van der Waals surface area contributed by atoms with Crippen LogP contribution in [0, 0.1) is 5.92 Å². The molecule has 10 heteroatoms. The van der Waals surface area contributed by atoms with E-state index in [2.05, 4.69) is 13.2 Å². The van der Waals surface area contributed by atoms with Crippen molar-refractivity contribution in [3.05, 3.63) is 59.3 Å². The van der Waals surface area contributed by atoms with Gasteiger partial charge in [0.25, 0.3) is 0 Å². The Morgan fingerprint density at radius 1 is 0.925 bits per heavy atom. The summed E-state index contributed by atoms with van der Waals surface area (Å²) in [5, 5.41) is 33.2. The summed E-state index contributed by atoms with van der Waals surface area (Å²) < 4.78 is 16.5. The van der Waals surface area contributed by atoms with Gasteiger partial charge in [0.05, 0.1) is 12.0 Å². The number of aliphatic hydroxyl groups is 3. The number of rotatable bonds is 11. The molecule has 7 atom stereocenters. The van der Waals surface area contributed by atoms with Gasteiger partial charge in [-0.15, -0.1) is 0 Å². The van der Waals surface area contributed by atoms with E-state index >= 15 is 0 Å². The van der Waals surface area contributed by atoms with Gasteiger partial charge in [-0.05, 0) is 61.0 Å². The molecule has 1 aliphatic carbocycles. The number of Topliss-reactive ketones (excluding diaryl/α,β-unsaturated/α-hetero) is 1. The molecule has 0 aromatic rings. The SMILES string of the molecule is C=C(C)C(O)CC(OC(=O)/C(C)=C\C)C(=C)[C@H]1[C@H](O)[C@H](OC(=O)/C(C)=C\C)[C@@](C)(O)C(=O)[C@@H]1OC(=O)/C(C)=C\C. The van der Waals surface area contributed by atoms with Crippen molar-refractivity contribution in [1.29, 1.82) is 0 Å². The van der Waals surface area contributed by atoms with E-state index in [1.165, 1.54) is 39.0 Å². The number of esters is 3. The van der Waals surface area contributed by atoms with E-state index in [1.807, 2.05) is 0 Å². The quantitative estimate of drug-likeness (QED) is 0.148. The van der Waals surface area contributed by atoms with E-state index in [9.17, 15) is 34.5 Å². The Kier molecular flexibility index (Phi) is 12.4. The normalized spacial score (nSPS) is 27.4. The molecule has 1 saturated carbocycles. The van der Waals surface area contributed by atoms with E-state index in [0.717, 1.165) is 6.92 Å². The Morgan fingerprint density at radius 3 is 1.82 bits per heavy atom. The van der Waals surface area contributed by atoms with Crippen molar-refractivity contribution in [2.24, 2.45) is 5.92 Å². The summed E-state index contributed by atoms with van der Waals surface area (Å²) >= 11 is 0. The summed E-state index contributed by atoms with van der Waals surface area (Å²) in [6.07, 6.45) is -3.76. The van der Waals surface area contributed by atoms with Gasteiger partial charge in [-0.1, -0.05) is 37.0 Å². The van der Waals surface area contributed by atoms with E-state index in [1.54, 1.807) is 27.7 Å². The summed E-state index contributed by atoms with van der Waals surface area (Å²) in [5.41, 5.74) is -1.69. The maximum atomic E-state index is 13.6. The van der Waals surface area contributed by atoms with Crippen LogP contribution in [0.1, 0.15) is 61.8 Å². The van der Waals surface area contributed by atoms with Gasteiger partial charge in [-0.25, -0.2) is 14.4 Å². The molecule has 1 aliphatic rings. The largest absolute Gasteiger partial charge is 0.454 e. The zero-order chi connectivity index (χ0) is 31.1. The van der Waals surface area contributed by atoms with Gasteiger partial charge in [0.1, 0.15) is 12.2 Å². The third-order valence-electron chi connectivity index (χ3n) is 7.15. The maximum Gasteiger partial charge on any atom is 0.334 e. The molecule has 0 aromatic heterocycles. The van der Waals surface area contributed by atoms with Crippen LogP contribution in [0.3, 0.4) is 0 Å². The average molecular weight is 563 g/mol. The Hall–Kier alpha value is -3.34. The standard InChI is InChI=1S/C30H42O10/c1-11-16(6)27(34)38-21(14-20(31)15(4)5)19(9)22-23(32)26(40-29(36)18(8)13-3)30(10,37)25(33)24(22)39-28(35)17(7)12-2/h11-13,20-24,26,31-32,37H,4,9,14H2,1-3,5-8,10H3/b16-11-,17-12-,18-13-/t20?,21?,22-,23-,24+,26-,30-/m0/s1. The van der Waals surface area contributed by atoms with Gasteiger partial charge in [0.15, 0.2) is 17.8 Å². The molecule has 2 unspecified atom stereocenters. The summed E-state index contributed by atoms with van der Waals surface area (Å²) in [7, 11) is 0. The summed E-state index contributed by atoms with van der Waals surface area (Å²) in [5.74, 6) is -5.12. The Bertz CT molecular complexity index is 1120. The molecule has 10 nitrogen and oxygen atoms in total. The van der Waals surface area contributed by atoms with E-state index < -0.39 is 65.7 Å². The highest BCUT2D eigenvalue weighted by Crippen LogP contribution is 2.40. The molecule has 0 aromatic carbocycles. The molecule has 0 radical (unpaired) electrons. The van der Waals surface area contributed by atoms with Crippen molar-refractivity contribution in [3.8, 4) is 0 Å². The van der Waals surface area contributed by atoms with Gasteiger partial charge < -0.3 is 29.5 Å². The minimum Gasteiger partial charge on any atom is -0.454 e. The van der Waals surface area contributed by atoms with Crippen LogP contribution in [0.4, 0.5) is 0 Å². The zero-order valence-electron chi connectivity index (χ0n) is 24.5. The van der Waals surface area contributed by atoms with Crippen LogP contribution in [0.25, 0.3) is 0 Å². The lowest BCUT2D eigenvalue weighted by atomic mass is 9.68. The monoisotopic (exact) mass is 562 g/mol. The number of ketones is 1. The van der Waals surface area contributed by atoms with E-state index in [0.29, 0.717) is 5.57 Å². The summed E-state index contributed by atoms with van der Waals surface area (Å²) in [6, 6.07) is 0. The van der Waals surface area contributed by atoms with E-state index in [-0.39, 0.29) is 28.7 Å². The number of aliphatic hydroxyl groups excluding tert-OH is 2. The van der Waals surface area contributed by atoms with Crippen LogP contribution in [0.5, 0.6) is 0 Å². The van der Waals surface area contributed by atoms with Crippen LogP contribution >= 0.6 is 0 Å². The van der Waals surface area contributed by atoms with Crippen LogP contribution in [-0.4, -0.2) is 75.1 Å². The molecule has 222 valence electrons. The Balaban J connectivity index is 3.75. The van der Waals surface area contributed by atoms with Gasteiger partial charge in [-0.3, -0.25) is 4.79 Å². The molecule has 1 rings (SSSR count). The molecule has 40 heavy (non-hydrogen) atoms. The van der Waals surface area contributed by atoms with Crippen molar-refractivity contribution in [3.63, 3.8) is 0 Å².